The molecule has 1 aromatic heterocycles. The first kappa shape index (κ1) is 25.4. The number of carbonyl (C=O) groups is 3. The maximum Gasteiger partial charge on any atom is 0.279 e. The number of likely N-dealkylation sites (tertiary alicyclic amines) is 2. The Bertz CT molecular complexity index is 1110. The van der Waals surface area contributed by atoms with Crippen LogP contribution in [-0.4, -0.2) is 82.6 Å². The number of aliphatic imine (C=N–C) groups is 2. The summed E-state index contributed by atoms with van der Waals surface area (Å²) in [5, 5.41) is 7.95. The van der Waals surface area contributed by atoms with Gasteiger partial charge in [-0.15, -0.1) is 5.10 Å². The van der Waals surface area contributed by atoms with Crippen LogP contribution in [0, 0.1) is 5.92 Å². The molecule has 2 fully saturated rings. The Balaban J connectivity index is 1.51. The van der Waals surface area contributed by atoms with Crippen molar-refractivity contribution < 1.29 is 19.1 Å². The molecule has 0 aliphatic carbocycles. The third-order valence-corrected chi connectivity index (χ3v) is 6.61. The van der Waals surface area contributed by atoms with Gasteiger partial charge in [-0.2, -0.15) is 0 Å². The fraction of sp³-hybridized carbons (Fsp3) is 0.458. The molecule has 1 unspecified atom stereocenters. The van der Waals surface area contributed by atoms with Crippen LogP contribution in [-0.2, 0) is 9.59 Å². The van der Waals surface area contributed by atoms with Crippen LogP contribution >= 0.6 is 11.5 Å². The van der Waals surface area contributed by atoms with E-state index >= 15 is 0 Å². The van der Waals surface area contributed by atoms with Gasteiger partial charge in [0.2, 0.25) is 17.8 Å². The van der Waals surface area contributed by atoms with Crippen molar-refractivity contribution in [3.63, 3.8) is 0 Å². The second-order valence-corrected chi connectivity index (χ2v) is 9.22. The first-order valence-corrected chi connectivity index (χ1v) is 12.8. The van der Waals surface area contributed by atoms with Crippen molar-refractivity contribution in [3.8, 4) is 5.75 Å². The minimum atomic E-state index is -0.516. The van der Waals surface area contributed by atoms with E-state index in [1.807, 2.05) is 4.90 Å². The number of rotatable bonds is 6. The van der Waals surface area contributed by atoms with E-state index in [2.05, 4.69) is 24.9 Å². The molecule has 190 valence electrons. The van der Waals surface area contributed by atoms with Gasteiger partial charge < -0.3 is 14.5 Å². The summed E-state index contributed by atoms with van der Waals surface area (Å²) in [6.45, 7) is 2.14. The molecule has 0 radical (unpaired) electrons. The normalized spacial score (nSPS) is 19.0. The number of ether oxygens (including phenoxy) is 1. The van der Waals surface area contributed by atoms with Crippen LogP contribution in [0.3, 0.4) is 0 Å². The standard InChI is InChI=1S/C24H29N7O4S/c1-35-19-9-7-18(8-10-19)26-24(27-22(33)20-16-36-29-28-20)25-14-17-6-2-3-13-31(23(17)34)15-21(32)30-11-4-5-12-30/h7-10,14,16-17H,2-6,11-13,15H2,1H3,(H,26,27,33)/b25-14+. The molecule has 2 saturated heterocycles. The topological polar surface area (TPSA) is 129 Å². The lowest BCUT2D eigenvalue weighted by atomic mass is 10.0. The molecule has 0 bridgehead atoms. The number of amides is 3. The molecule has 3 amide bonds. The quantitative estimate of drug-likeness (QED) is 0.468. The lowest BCUT2D eigenvalue weighted by Gasteiger charge is -2.25. The van der Waals surface area contributed by atoms with Crippen LogP contribution in [0.15, 0.2) is 39.6 Å². The van der Waals surface area contributed by atoms with Gasteiger partial charge in [-0.05, 0) is 61.5 Å². The second kappa shape index (κ2) is 12.3. The molecule has 0 spiro atoms. The summed E-state index contributed by atoms with van der Waals surface area (Å²) in [5.74, 6) is -0.470. The molecule has 2 aliphatic rings. The molecule has 2 aromatic rings. The molecule has 4 rings (SSSR count). The highest BCUT2D eigenvalue weighted by molar-refractivity contribution is 7.03. The van der Waals surface area contributed by atoms with Gasteiger partial charge in [-0.1, -0.05) is 10.9 Å². The number of carbonyl (C=O) groups excluding carboxylic acids is 3. The Morgan fingerprint density at radius 3 is 2.61 bits per heavy atom. The highest BCUT2D eigenvalue weighted by atomic mass is 32.1. The Labute approximate surface area is 213 Å². The van der Waals surface area contributed by atoms with E-state index in [4.69, 9.17) is 4.74 Å². The summed E-state index contributed by atoms with van der Waals surface area (Å²) in [6, 6.07) is 6.95. The van der Waals surface area contributed by atoms with Gasteiger partial charge in [0.25, 0.3) is 5.91 Å². The van der Waals surface area contributed by atoms with Gasteiger partial charge in [-0.3, -0.25) is 19.7 Å². The van der Waals surface area contributed by atoms with Gasteiger partial charge in [0.1, 0.15) is 5.75 Å². The van der Waals surface area contributed by atoms with Gasteiger partial charge in [0.15, 0.2) is 5.69 Å². The molecular formula is C24H29N7O4S. The number of hydrogen-bond acceptors (Lipinski definition) is 8. The molecule has 1 aromatic carbocycles. The summed E-state index contributed by atoms with van der Waals surface area (Å²) in [6.07, 6.45) is 5.80. The predicted molar refractivity (Wildman–Crippen MR) is 136 cm³/mol. The fourth-order valence-corrected chi connectivity index (χ4v) is 4.55. The van der Waals surface area contributed by atoms with Crippen LogP contribution in [0.5, 0.6) is 5.75 Å². The van der Waals surface area contributed by atoms with Crippen molar-refractivity contribution in [2.75, 3.05) is 33.3 Å². The van der Waals surface area contributed by atoms with Gasteiger partial charge >= 0.3 is 0 Å². The van der Waals surface area contributed by atoms with Crippen molar-refractivity contribution in [3.05, 3.63) is 35.3 Å². The molecule has 0 saturated carbocycles. The number of aromatic nitrogens is 2. The van der Waals surface area contributed by atoms with Crippen LogP contribution in [0.2, 0.25) is 0 Å². The zero-order chi connectivity index (χ0) is 25.3. The van der Waals surface area contributed by atoms with E-state index < -0.39 is 11.8 Å². The number of nitrogens with zero attached hydrogens (tertiary/aromatic N) is 6. The van der Waals surface area contributed by atoms with Crippen LogP contribution in [0.25, 0.3) is 0 Å². The Hall–Kier alpha value is -3.67. The lowest BCUT2D eigenvalue weighted by Crippen LogP contribution is -2.44. The van der Waals surface area contributed by atoms with Crippen molar-refractivity contribution in [2.45, 2.75) is 32.1 Å². The highest BCUT2D eigenvalue weighted by Gasteiger charge is 2.29. The maximum absolute atomic E-state index is 13.3. The Kier molecular flexibility index (Phi) is 8.71. The SMILES string of the molecule is COc1ccc(N=C(/N=C/C2CCCCN(CC(=O)N3CCCC3)C2=O)NC(=O)c2csnn2)cc1. The Morgan fingerprint density at radius 2 is 1.92 bits per heavy atom. The average molecular weight is 512 g/mol. The zero-order valence-corrected chi connectivity index (χ0v) is 20.9. The maximum atomic E-state index is 13.3. The Morgan fingerprint density at radius 1 is 1.17 bits per heavy atom. The second-order valence-electron chi connectivity index (χ2n) is 8.61. The number of methoxy groups -OCH3 is 1. The van der Waals surface area contributed by atoms with E-state index in [-0.39, 0.29) is 30.0 Å². The van der Waals surface area contributed by atoms with E-state index in [1.165, 1.54) is 11.6 Å². The minimum absolute atomic E-state index is 0.00988. The molecule has 11 nitrogen and oxygen atoms in total. The first-order valence-electron chi connectivity index (χ1n) is 12.0. The van der Waals surface area contributed by atoms with Crippen LogP contribution < -0.4 is 10.1 Å². The van der Waals surface area contributed by atoms with Crippen LogP contribution in [0.1, 0.15) is 42.6 Å². The first-order chi connectivity index (χ1) is 17.5. The van der Waals surface area contributed by atoms with Crippen molar-refractivity contribution in [1.29, 1.82) is 0 Å². The van der Waals surface area contributed by atoms with Gasteiger partial charge in [-0.25, -0.2) is 9.98 Å². The molecule has 36 heavy (non-hydrogen) atoms. The number of guanidine groups is 1. The van der Waals surface area contributed by atoms with Crippen molar-refractivity contribution >= 4 is 47.1 Å². The summed E-state index contributed by atoms with van der Waals surface area (Å²) in [4.78, 5) is 50.8. The number of benzene rings is 1. The zero-order valence-electron chi connectivity index (χ0n) is 20.1. The molecule has 1 N–H and O–H groups in total. The summed E-state index contributed by atoms with van der Waals surface area (Å²) >= 11 is 1.06. The third kappa shape index (κ3) is 6.72. The van der Waals surface area contributed by atoms with E-state index in [9.17, 15) is 14.4 Å². The van der Waals surface area contributed by atoms with Gasteiger partial charge in [0, 0.05) is 31.2 Å². The smallest absolute Gasteiger partial charge is 0.279 e. The molecule has 3 heterocycles. The van der Waals surface area contributed by atoms with Crippen molar-refractivity contribution in [2.24, 2.45) is 15.9 Å². The van der Waals surface area contributed by atoms with E-state index in [0.717, 1.165) is 50.3 Å². The van der Waals surface area contributed by atoms with Gasteiger partial charge in [0.05, 0.1) is 25.3 Å². The predicted octanol–water partition coefficient (Wildman–Crippen LogP) is 2.29. The summed E-state index contributed by atoms with van der Waals surface area (Å²) in [7, 11) is 1.57. The summed E-state index contributed by atoms with van der Waals surface area (Å²) in [5.41, 5.74) is 0.694. The molecular weight excluding hydrogens is 482 g/mol. The van der Waals surface area contributed by atoms with Crippen LogP contribution in [0.4, 0.5) is 5.69 Å². The van der Waals surface area contributed by atoms with E-state index in [1.54, 1.807) is 36.3 Å². The average Bonchev–Trinajstić information content (AvgIpc) is 3.60. The number of hydrogen-bond donors (Lipinski definition) is 1. The van der Waals surface area contributed by atoms with Crippen molar-refractivity contribution in [1.82, 2.24) is 24.7 Å². The monoisotopic (exact) mass is 511 g/mol. The molecule has 2 aliphatic heterocycles. The fourth-order valence-electron chi connectivity index (χ4n) is 4.12. The third-order valence-electron chi connectivity index (χ3n) is 6.11. The molecule has 1 atom stereocenters. The summed E-state index contributed by atoms with van der Waals surface area (Å²) < 4.78 is 8.89. The largest absolute Gasteiger partial charge is 0.497 e. The minimum Gasteiger partial charge on any atom is -0.497 e. The lowest BCUT2D eigenvalue weighted by molar-refractivity contribution is -0.140. The molecule has 12 heteroatoms. The van der Waals surface area contributed by atoms with E-state index in [0.29, 0.717) is 24.4 Å². The number of nitrogens with one attached hydrogen (secondary N) is 1. The highest BCUT2D eigenvalue weighted by Crippen LogP contribution is 2.20.